The van der Waals surface area contributed by atoms with Gasteiger partial charge in [-0.15, -0.1) is 11.3 Å². The van der Waals surface area contributed by atoms with Crippen molar-refractivity contribution in [3.63, 3.8) is 0 Å². The van der Waals surface area contributed by atoms with Gasteiger partial charge in [-0.05, 0) is 43.2 Å². The number of nitrogens with two attached hydrogens (primary N) is 1. The number of nitro benzene ring substituents is 1. The quantitative estimate of drug-likeness (QED) is 0.304. The number of anilines is 2. The van der Waals surface area contributed by atoms with Gasteiger partial charge >= 0.3 is 0 Å². The molecule has 1 fully saturated rings. The molecule has 0 aliphatic carbocycles. The van der Waals surface area contributed by atoms with Gasteiger partial charge < -0.3 is 16.4 Å². The van der Waals surface area contributed by atoms with Crippen molar-refractivity contribution in [3.05, 3.63) is 75.3 Å². The Morgan fingerprint density at radius 1 is 1.20 bits per heavy atom. The molecule has 3 heterocycles. The molecule has 1 aliphatic rings. The van der Waals surface area contributed by atoms with Crippen molar-refractivity contribution >= 4 is 44.5 Å². The first-order valence-corrected chi connectivity index (χ1v) is 13.1. The fourth-order valence-electron chi connectivity index (χ4n) is 3.72. The molecule has 0 spiro atoms. The Balaban J connectivity index is 1.33. The van der Waals surface area contributed by atoms with Crippen molar-refractivity contribution in [1.29, 1.82) is 0 Å². The van der Waals surface area contributed by atoms with Gasteiger partial charge in [0.1, 0.15) is 10.0 Å². The van der Waals surface area contributed by atoms with Crippen LogP contribution in [-0.2, 0) is 16.6 Å². The molecule has 1 saturated heterocycles. The summed E-state index contributed by atoms with van der Waals surface area (Å²) in [6.45, 7) is 0.839. The van der Waals surface area contributed by atoms with Crippen LogP contribution in [0.15, 0.2) is 58.9 Å². The number of benzene rings is 1. The van der Waals surface area contributed by atoms with Gasteiger partial charge in [0.15, 0.2) is 0 Å². The number of hydrogen-bond donors (Lipinski definition) is 3. The van der Waals surface area contributed by atoms with E-state index in [4.69, 9.17) is 5.73 Å². The molecule has 3 aromatic rings. The summed E-state index contributed by atoms with van der Waals surface area (Å²) in [4.78, 5) is 27.6. The number of nitrogens with zero attached hydrogens (tertiary/aromatic N) is 3. The second kappa shape index (κ2) is 10.4. The van der Waals surface area contributed by atoms with E-state index in [1.807, 2.05) is 0 Å². The SMILES string of the molecule is Nc1cccnc1NC1CCN(S(=O)(=O)c2ccc(CNC(=O)c3cccc([N+](=O)[O-])c3)s2)CC1. The molecule has 1 aromatic carbocycles. The monoisotopic (exact) mass is 516 g/mol. The van der Waals surface area contributed by atoms with Crippen LogP contribution in [0.5, 0.6) is 0 Å². The highest BCUT2D eigenvalue weighted by atomic mass is 32.2. The molecule has 0 bridgehead atoms. The number of carbonyl (C=O) groups excluding carboxylic acids is 1. The smallest absolute Gasteiger partial charge is 0.270 e. The van der Waals surface area contributed by atoms with Gasteiger partial charge in [0.2, 0.25) is 0 Å². The Bertz CT molecular complexity index is 1340. The summed E-state index contributed by atoms with van der Waals surface area (Å²) >= 11 is 1.09. The molecular weight excluding hydrogens is 492 g/mol. The predicted molar refractivity (Wildman–Crippen MR) is 133 cm³/mol. The highest BCUT2D eigenvalue weighted by Gasteiger charge is 2.30. The number of nitrogen functional groups attached to an aromatic ring is 1. The third kappa shape index (κ3) is 5.75. The summed E-state index contributed by atoms with van der Waals surface area (Å²) in [6.07, 6.45) is 2.89. The summed E-state index contributed by atoms with van der Waals surface area (Å²) < 4.78 is 27.9. The number of hydrogen-bond acceptors (Lipinski definition) is 9. The van der Waals surface area contributed by atoms with E-state index in [0.29, 0.717) is 42.3 Å². The van der Waals surface area contributed by atoms with E-state index in [0.717, 1.165) is 11.3 Å². The molecule has 0 unspecified atom stereocenters. The van der Waals surface area contributed by atoms with Crippen LogP contribution in [0.2, 0.25) is 0 Å². The predicted octanol–water partition coefficient (Wildman–Crippen LogP) is 2.83. The Labute approximate surface area is 206 Å². The average Bonchev–Trinajstić information content (AvgIpc) is 3.34. The minimum atomic E-state index is -3.66. The average molecular weight is 517 g/mol. The summed E-state index contributed by atoms with van der Waals surface area (Å²) in [5, 5.41) is 16.9. The Morgan fingerprint density at radius 3 is 2.69 bits per heavy atom. The first kappa shape index (κ1) is 24.6. The minimum Gasteiger partial charge on any atom is -0.396 e. The first-order chi connectivity index (χ1) is 16.7. The number of sulfonamides is 1. The topological polar surface area (TPSA) is 161 Å². The summed E-state index contributed by atoms with van der Waals surface area (Å²) in [5.41, 5.74) is 6.46. The number of amides is 1. The van der Waals surface area contributed by atoms with Gasteiger partial charge in [-0.2, -0.15) is 4.31 Å². The van der Waals surface area contributed by atoms with Gasteiger partial charge in [-0.1, -0.05) is 6.07 Å². The zero-order chi connectivity index (χ0) is 25.0. The molecule has 0 saturated carbocycles. The lowest BCUT2D eigenvalue weighted by Crippen LogP contribution is -2.42. The summed E-state index contributed by atoms with van der Waals surface area (Å²) in [7, 11) is -3.66. The van der Waals surface area contributed by atoms with E-state index in [2.05, 4.69) is 15.6 Å². The van der Waals surface area contributed by atoms with Crippen LogP contribution in [0.1, 0.15) is 28.1 Å². The van der Waals surface area contributed by atoms with Crippen molar-refractivity contribution in [1.82, 2.24) is 14.6 Å². The standard InChI is InChI=1S/C22H24N6O5S2/c23-19-5-2-10-24-21(19)26-16-8-11-27(12-9-16)35(32,33)20-7-6-18(34-20)14-25-22(29)15-3-1-4-17(13-15)28(30)31/h1-7,10,13,16H,8-9,11-12,14,23H2,(H,24,26)(H,25,29). The minimum absolute atomic E-state index is 0.0709. The normalized spacial score (nSPS) is 15.0. The van der Waals surface area contributed by atoms with E-state index < -0.39 is 20.9 Å². The van der Waals surface area contributed by atoms with Crippen molar-refractivity contribution in [3.8, 4) is 0 Å². The Morgan fingerprint density at radius 2 is 1.97 bits per heavy atom. The largest absolute Gasteiger partial charge is 0.396 e. The Hall–Kier alpha value is -3.55. The zero-order valence-corrected chi connectivity index (χ0v) is 20.2. The van der Waals surface area contributed by atoms with Crippen LogP contribution in [0.3, 0.4) is 0 Å². The number of thiophene rings is 1. The molecule has 35 heavy (non-hydrogen) atoms. The van der Waals surface area contributed by atoms with E-state index in [-0.39, 0.29) is 28.0 Å². The van der Waals surface area contributed by atoms with Crippen LogP contribution in [0.25, 0.3) is 0 Å². The second-order valence-corrected chi connectivity index (χ2v) is 11.3. The number of aromatic nitrogens is 1. The molecule has 0 atom stereocenters. The van der Waals surface area contributed by atoms with E-state index in [1.165, 1.54) is 34.6 Å². The molecule has 4 N–H and O–H groups in total. The van der Waals surface area contributed by atoms with E-state index in [1.54, 1.807) is 24.4 Å². The molecule has 1 aliphatic heterocycles. The number of piperidine rings is 1. The molecule has 1 amide bonds. The van der Waals surface area contributed by atoms with Crippen molar-refractivity contribution in [2.75, 3.05) is 24.1 Å². The van der Waals surface area contributed by atoms with Crippen LogP contribution < -0.4 is 16.4 Å². The van der Waals surface area contributed by atoms with E-state index in [9.17, 15) is 23.3 Å². The highest BCUT2D eigenvalue weighted by Crippen LogP contribution is 2.28. The van der Waals surface area contributed by atoms with Crippen LogP contribution >= 0.6 is 11.3 Å². The number of nitrogens with one attached hydrogen (secondary N) is 2. The van der Waals surface area contributed by atoms with Gasteiger partial charge in [0.25, 0.3) is 21.6 Å². The van der Waals surface area contributed by atoms with Gasteiger partial charge in [0.05, 0.1) is 17.2 Å². The maximum absolute atomic E-state index is 13.1. The fraction of sp³-hybridized carbons (Fsp3) is 0.273. The molecule has 11 nitrogen and oxygen atoms in total. The van der Waals surface area contributed by atoms with Crippen LogP contribution in [-0.4, -0.2) is 47.7 Å². The summed E-state index contributed by atoms with van der Waals surface area (Å²) in [5.74, 6) is 0.124. The number of rotatable bonds is 8. The summed E-state index contributed by atoms with van der Waals surface area (Å²) in [6, 6.07) is 12.2. The second-order valence-electron chi connectivity index (χ2n) is 7.97. The molecular formula is C22H24N6O5S2. The van der Waals surface area contributed by atoms with Crippen molar-refractivity contribution < 1.29 is 18.1 Å². The Kier molecular flexibility index (Phi) is 7.28. The lowest BCUT2D eigenvalue weighted by atomic mass is 10.1. The maximum Gasteiger partial charge on any atom is 0.270 e. The fourth-order valence-corrected chi connectivity index (χ4v) is 6.64. The molecule has 13 heteroatoms. The number of non-ortho nitro benzene ring substituents is 1. The lowest BCUT2D eigenvalue weighted by Gasteiger charge is -2.31. The third-order valence-electron chi connectivity index (χ3n) is 5.61. The van der Waals surface area contributed by atoms with Gasteiger partial charge in [0, 0.05) is 47.9 Å². The van der Waals surface area contributed by atoms with E-state index >= 15 is 0 Å². The molecule has 184 valence electrons. The maximum atomic E-state index is 13.1. The number of carbonyl (C=O) groups is 1. The number of nitro groups is 1. The van der Waals surface area contributed by atoms with Gasteiger partial charge in [-0.25, -0.2) is 13.4 Å². The third-order valence-corrected chi connectivity index (χ3v) is 9.06. The van der Waals surface area contributed by atoms with Crippen molar-refractivity contribution in [2.24, 2.45) is 0 Å². The molecule has 2 aromatic heterocycles. The molecule has 0 radical (unpaired) electrons. The first-order valence-electron chi connectivity index (χ1n) is 10.8. The number of pyridine rings is 1. The van der Waals surface area contributed by atoms with Gasteiger partial charge in [-0.3, -0.25) is 14.9 Å². The molecule has 4 rings (SSSR count). The van der Waals surface area contributed by atoms with Crippen LogP contribution in [0.4, 0.5) is 17.2 Å². The highest BCUT2D eigenvalue weighted by molar-refractivity contribution is 7.91. The lowest BCUT2D eigenvalue weighted by molar-refractivity contribution is -0.384. The van der Waals surface area contributed by atoms with Crippen LogP contribution in [0, 0.1) is 10.1 Å². The van der Waals surface area contributed by atoms with Crippen molar-refractivity contribution in [2.45, 2.75) is 29.6 Å². The zero-order valence-electron chi connectivity index (χ0n) is 18.6.